The number of aromatic nitrogens is 3. The van der Waals surface area contributed by atoms with E-state index in [1.807, 2.05) is 0 Å². The molecule has 2 aromatic rings. The Morgan fingerprint density at radius 2 is 2.19 bits per heavy atom. The summed E-state index contributed by atoms with van der Waals surface area (Å²) < 4.78 is 7.14. The number of nitrogen functional groups attached to an aromatic ring is 1. The van der Waals surface area contributed by atoms with Crippen LogP contribution in [0.4, 0.5) is 5.82 Å². The molecule has 110 valence electrons. The third-order valence-corrected chi connectivity index (χ3v) is 4.46. The molecule has 0 radical (unpaired) electrons. The summed E-state index contributed by atoms with van der Waals surface area (Å²) >= 11 is 0. The smallest absolute Gasteiger partial charge is 0.171 e. The normalized spacial score (nSPS) is 41.2. The van der Waals surface area contributed by atoms with Gasteiger partial charge in [0.05, 0.1) is 5.39 Å². The Morgan fingerprint density at radius 3 is 2.90 bits per heavy atom. The maximum absolute atomic E-state index is 10.8. The van der Waals surface area contributed by atoms with Crippen molar-refractivity contribution < 1.29 is 20.1 Å². The minimum atomic E-state index is -1.83. The van der Waals surface area contributed by atoms with Crippen LogP contribution in [0.1, 0.15) is 6.23 Å². The van der Waals surface area contributed by atoms with Crippen LogP contribution in [0.5, 0.6) is 0 Å². The highest BCUT2D eigenvalue weighted by atomic mass is 16.6. The van der Waals surface area contributed by atoms with Crippen molar-refractivity contribution in [3.8, 4) is 0 Å². The van der Waals surface area contributed by atoms with Gasteiger partial charge in [-0.15, -0.1) is 0 Å². The second kappa shape index (κ2) is 3.60. The van der Waals surface area contributed by atoms with Gasteiger partial charge in [-0.3, -0.25) is 0 Å². The molecule has 2 unspecified atom stereocenters. The molecule has 1 saturated heterocycles. The monoisotopic (exact) mass is 290 g/mol. The van der Waals surface area contributed by atoms with Crippen LogP contribution in [0, 0.1) is 0 Å². The van der Waals surface area contributed by atoms with Gasteiger partial charge in [0.2, 0.25) is 0 Å². The molecule has 8 heteroatoms. The van der Waals surface area contributed by atoms with Crippen molar-refractivity contribution in [2.24, 2.45) is 0 Å². The van der Waals surface area contributed by atoms with E-state index in [1.54, 1.807) is 16.8 Å². The summed E-state index contributed by atoms with van der Waals surface area (Å²) in [6, 6.07) is 1.70. The molecule has 5 N–H and O–H groups in total. The van der Waals surface area contributed by atoms with Crippen LogP contribution in [0.15, 0.2) is 31.2 Å². The second-order valence-corrected chi connectivity index (χ2v) is 5.43. The lowest BCUT2D eigenvalue weighted by Gasteiger charge is -2.33. The number of fused-ring (bicyclic) bond motifs is 2. The molecule has 2 aromatic heterocycles. The Morgan fingerprint density at radius 1 is 1.43 bits per heavy atom. The maximum atomic E-state index is 10.8. The van der Waals surface area contributed by atoms with Crippen LogP contribution >= 0.6 is 0 Å². The third-order valence-electron chi connectivity index (χ3n) is 4.46. The lowest BCUT2D eigenvalue weighted by Crippen LogP contribution is -2.49. The molecule has 0 amide bonds. The Kier molecular flexibility index (Phi) is 2.18. The molecule has 1 aliphatic carbocycles. The number of anilines is 1. The molecule has 0 spiro atoms. The van der Waals surface area contributed by atoms with Gasteiger partial charge in [0.15, 0.2) is 17.4 Å². The molecular formula is C13H14N4O4. The summed E-state index contributed by atoms with van der Waals surface area (Å²) in [6.07, 6.45) is 1.17. The minimum Gasteiger partial charge on any atom is -0.387 e. The van der Waals surface area contributed by atoms with Crippen LogP contribution in [0.3, 0.4) is 0 Å². The first-order valence-corrected chi connectivity index (χ1v) is 6.44. The molecule has 4 rings (SSSR count). The number of aliphatic hydroxyl groups is 3. The summed E-state index contributed by atoms with van der Waals surface area (Å²) in [5, 5.41) is 31.5. The van der Waals surface area contributed by atoms with Gasteiger partial charge in [-0.25, -0.2) is 9.97 Å². The lowest BCUT2D eigenvalue weighted by molar-refractivity contribution is -0.139. The first-order valence-electron chi connectivity index (χ1n) is 6.44. The number of hydrogen-bond donors (Lipinski definition) is 4. The van der Waals surface area contributed by atoms with Gasteiger partial charge < -0.3 is 30.4 Å². The average Bonchev–Trinajstić information content (AvgIpc) is 2.82. The number of hydrogen-bond acceptors (Lipinski definition) is 7. The molecule has 1 saturated carbocycles. The van der Waals surface area contributed by atoms with Crippen molar-refractivity contribution in [2.45, 2.75) is 29.6 Å². The van der Waals surface area contributed by atoms with E-state index in [2.05, 4.69) is 16.5 Å². The van der Waals surface area contributed by atoms with Crippen molar-refractivity contribution in [3.63, 3.8) is 0 Å². The van der Waals surface area contributed by atoms with Crippen molar-refractivity contribution in [1.29, 1.82) is 0 Å². The minimum absolute atomic E-state index is 0.308. The van der Waals surface area contributed by atoms with Gasteiger partial charge in [0, 0.05) is 6.20 Å². The molecule has 0 bridgehead atoms. The van der Waals surface area contributed by atoms with Crippen LogP contribution in [0.25, 0.3) is 11.0 Å². The first-order chi connectivity index (χ1) is 9.95. The first kappa shape index (κ1) is 12.7. The fraction of sp³-hybridized carbons (Fsp3) is 0.385. The molecule has 1 aliphatic heterocycles. The maximum Gasteiger partial charge on any atom is 0.171 e. The zero-order chi connectivity index (χ0) is 15.0. The SMILES string of the molecule is C=C[C@]1(O)[C@H](n2ccc3c(N)ncnc32)O[C@@H]2C(O)C21O. The second-order valence-electron chi connectivity index (χ2n) is 5.43. The van der Waals surface area contributed by atoms with Crippen molar-refractivity contribution in [3.05, 3.63) is 31.2 Å². The Balaban J connectivity index is 1.87. The molecule has 2 fully saturated rings. The number of rotatable bonds is 2. The Bertz CT molecular complexity index is 762. The van der Waals surface area contributed by atoms with Crippen molar-refractivity contribution >= 4 is 16.9 Å². The van der Waals surface area contributed by atoms with Gasteiger partial charge in [-0.2, -0.15) is 0 Å². The van der Waals surface area contributed by atoms with Gasteiger partial charge in [0.1, 0.15) is 30.0 Å². The van der Waals surface area contributed by atoms with Gasteiger partial charge in [0.25, 0.3) is 0 Å². The molecule has 5 atom stereocenters. The van der Waals surface area contributed by atoms with Crippen LogP contribution < -0.4 is 5.73 Å². The van der Waals surface area contributed by atoms with E-state index in [-0.39, 0.29) is 0 Å². The topological polar surface area (TPSA) is 127 Å². The van der Waals surface area contributed by atoms with E-state index in [1.165, 1.54) is 12.4 Å². The van der Waals surface area contributed by atoms with E-state index in [0.29, 0.717) is 16.9 Å². The molecule has 3 heterocycles. The van der Waals surface area contributed by atoms with Crippen LogP contribution in [-0.2, 0) is 4.74 Å². The quantitative estimate of drug-likeness (QED) is 0.519. The van der Waals surface area contributed by atoms with Crippen molar-refractivity contribution in [2.75, 3.05) is 5.73 Å². The number of aliphatic hydroxyl groups excluding tert-OH is 1. The summed E-state index contributed by atoms with van der Waals surface area (Å²) in [5.74, 6) is 0.308. The summed E-state index contributed by atoms with van der Waals surface area (Å²) in [6.45, 7) is 3.56. The highest BCUT2D eigenvalue weighted by molar-refractivity contribution is 5.86. The van der Waals surface area contributed by atoms with E-state index in [9.17, 15) is 15.3 Å². The van der Waals surface area contributed by atoms with Crippen LogP contribution in [0.2, 0.25) is 0 Å². The highest BCUT2D eigenvalue weighted by Gasteiger charge is 2.82. The zero-order valence-corrected chi connectivity index (χ0v) is 10.9. The predicted molar refractivity (Wildman–Crippen MR) is 72.0 cm³/mol. The van der Waals surface area contributed by atoms with E-state index in [0.717, 1.165) is 0 Å². The highest BCUT2D eigenvalue weighted by Crippen LogP contribution is 2.60. The van der Waals surface area contributed by atoms with Gasteiger partial charge in [-0.1, -0.05) is 12.7 Å². The third kappa shape index (κ3) is 1.24. The predicted octanol–water partition coefficient (Wildman–Crippen LogP) is -1.07. The molecule has 21 heavy (non-hydrogen) atoms. The molecule has 0 aromatic carbocycles. The number of nitrogens with two attached hydrogens (primary N) is 1. The van der Waals surface area contributed by atoms with E-state index in [4.69, 9.17) is 10.5 Å². The standard InChI is InChI=1S/C13H14N4O4/c1-2-12(19)11(21-8-7(18)13(8,12)20)17-4-3-6-9(14)15-5-16-10(6)17/h2-5,7-8,11,18-20H,1H2,(H2,14,15,16)/t7?,8-,11-,12+,13?/m1/s1. The van der Waals surface area contributed by atoms with Gasteiger partial charge >= 0.3 is 0 Å². The summed E-state index contributed by atoms with van der Waals surface area (Å²) in [4.78, 5) is 8.02. The molecule has 2 aliphatic rings. The largest absolute Gasteiger partial charge is 0.387 e. The van der Waals surface area contributed by atoms with Crippen molar-refractivity contribution in [1.82, 2.24) is 14.5 Å². The van der Waals surface area contributed by atoms with Gasteiger partial charge in [-0.05, 0) is 6.07 Å². The van der Waals surface area contributed by atoms with E-state index >= 15 is 0 Å². The fourth-order valence-corrected chi connectivity index (χ4v) is 3.13. The Labute approximate surface area is 119 Å². The molecular weight excluding hydrogens is 276 g/mol. The van der Waals surface area contributed by atoms with E-state index < -0.39 is 29.6 Å². The fourth-order valence-electron chi connectivity index (χ4n) is 3.13. The number of nitrogens with zero attached hydrogens (tertiary/aromatic N) is 3. The summed E-state index contributed by atoms with van der Waals surface area (Å²) in [5.41, 5.74) is 2.65. The number of ether oxygens (including phenoxy) is 1. The zero-order valence-electron chi connectivity index (χ0n) is 10.9. The lowest BCUT2D eigenvalue weighted by atomic mass is 9.93. The van der Waals surface area contributed by atoms with Crippen LogP contribution in [-0.4, -0.2) is 53.3 Å². The average molecular weight is 290 g/mol. The molecule has 8 nitrogen and oxygen atoms in total. The summed E-state index contributed by atoms with van der Waals surface area (Å²) in [7, 11) is 0. The Hall–Kier alpha value is -2.00.